The largest absolute Gasteiger partial charge is 0.496 e. The number of halogens is 3. The Kier molecular flexibility index (Phi) is 5.27. The highest BCUT2D eigenvalue weighted by Crippen LogP contribution is 2.28. The fourth-order valence-corrected chi connectivity index (χ4v) is 1.98. The summed E-state index contributed by atoms with van der Waals surface area (Å²) in [5.74, 6) is 0.766. The fraction of sp³-hybridized carbons (Fsp3) is 0.357. The molecule has 0 aliphatic carbocycles. The van der Waals surface area contributed by atoms with Crippen molar-refractivity contribution in [3.63, 3.8) is 0 Å². The van der Waals surface area contributed by atoms with E-state index in [1.54, 1.807) is 36.5 Å². The van der Waals surface area contributed by atoms with Crippen molar-refractivity contribution in [2.24, 2.45) is 0 Å². The van der Waals surface area contributed by atoms with Crippen LogP contribution in [0.2, 0.25) is 0 Å². The number of carbonyl (C=O) groups excluding carboxylic acids is 1. The average Bonchev–Trinajstić information content (AvgIpc) is 2.96. The van der Waals surface area contributed by atoms with E-state index in [1.807, 2.05) is 0 Å². The van der Waals surface area contributed by atoms with Crippen LogP contribution in [0.3, 0.4) is 0 Å². The minimum atomic E-state index is -4.51. The van der Waals surface area contributed by atoms with E-state index in [1.165, 1.54) is 7.11 Å². The highest BCUT2D eigenvalue weighted by Gasteiger charge is 2.29. The lowest BCUT2D eigenvalue weighted by atomic mass is 10.1. The Morgan fingerprint density at radius 3 is 2.67 bits per heavy atom. The number of methoxy groups -OCH3 is 1. The maximum Gasteiger partial charge on any atom is 0.405 e. The molecule has 2 aromatic rings. The number of rotatable bonds is 5. The van der Waals surface area contributed by atoms with Gasteiger partial charge in [0.25, 0.3) is 0 Å². The van der Waals surface area contributed by atoms with Gasteiger partial charge in [0.1, 0.15) is 18.3 Å². The van der Waals surface area contributed by atoms with Gasteiger partial charge in [-0.25, -0.2) is 4.79 Å². The number of urea groups is 1. The molecule has 0 saturated carbocycles. The van der Waals surface area contributed by atoms with Crippen LogP contribution in [-0.4, -0.2) is 36.0 Å². The molecule has 2 amide bonds. The topological polar surface area (TPSA) is 89.3 Å². The lowest BCUT2D eigenvalue weighted by molar-refractivity contribution is -0.122. The van der Waals surface area contributed by atoms with Crippen molar-refractivity contribution >= 4 is 6.03 Å². The van der Waals surface area contributed by atoms with E-state index in [9.17, 15) is 18.0 Å². The lowest BCUT2D eigenvalue weighted by Crippen LogP contribution is -2.42. The van der Waals surface area contributed by atoms with Crippen molar-refractivity contribution in [2.75, 3.05) is 13.7 Å². The summed E-state index contributed by atoms with van der Waals surface area (Å²) in [5, 5.41) is 7.85. The average molecular weight is 344 g/mol. The molecule has 7 nitrogen and oxygen atoms in total. The van der Waals surface area contributed by atoms with Crippen LogP contribution in [0, 0.1) is 6.92 Å². The third-order valence-corrected chi connectivity index (χ3v) is 2.98. The number of benzene rings is 1. The van der Waals surface area contributed by atoms with Crippen molar-refractivity contribution < 1.29 is 27.2 Å². The molecule has 130 valence electrons. The van der Waals surface area contributed by atoms with E-state index in [2.05, 4.69) is 15.5 Å². The summed E-state index contributed by atoms with van der Waals surface area (Å²) in [5.41, 5.74) is 0.475. The minimum absolute atomic E-state index is 0.0964. The first-order valence-electron chi connectivity index (χ1n) is 6.84. The second-order valence-corrected chi connectivity index (χ2v) is 4.79. The number of para-hydroxylation sites is 1. The molecular weight excluding hydrogens is 329 g/mol. The zero-order valence-electron chi connectivity index (χ0n) is 12.8. The summed E-state index contributed by atoms with van der Waals surface area (Å²) >= 11 is 0. The van der Waals surface area contributed by atoms with Gasteiger partial charge in [-0.2, -0.15) is 18.2 Å². The molecule has 0 spiro atoms. The molecule has 0 aliphatic rings. The molecule has 1 aromatic carbocycles. The minimum Gasteiger partial charge on any atom is -0.496 e. The van der Waals surface area contributed by atoms with Gasteiger partial charge in [-0.3, -0.25) is 0 Å². The number of carbonyl (C=O) groups is 1. The van der Waals surface area contributed by atoms with Gasteiger partial charge < -0.3 is 19.9 Å². The van der Waals surface area contributed by atoms with Crippen LogP contribution in [0.25, 0.3) is 0 Å². The molecule has 0 saturated heterocycles. The Bertz CT molecular complexity index is 703. The number of hydrogen-bond donors (Lipinski definition) is 2. The van der Waals surface area contributed by atoms with Crippen LogP contribution < -0.4 is 15.4 Å². The first-order chi connectivity index (χ1) is 11.3. The number of nitrogens with zero attached hydrogens (tertiary/aromatic N) is 2. The van der Waals surface area contributed by atoms with Crippen LogP contribution in [0.1, 0.15) is 23.3 Å². The number of hydrogen-bond acceptors (Lipinski definition) is 5. The van der Waals surface area contributed by atoms with Crippen molar-refractivity contribution in [1.82, 2.24) is 20.8 Å². The van der Waals surface area contributed by atoms with E-state index in [0.29, 0.717) is 11.3 Å². The standard InChI is InChI=1S/C14H15F3N4O3/c1-8-19-12(21-24-8)11(9-5-3-4-6-10(9)23-2)20-13(22)18-7-14(15,16)17/h3-6,11H,7H2,1-2H3,(H2,18,20,22)/t11-/m1/s1. The Labute approximate surface area is 135 Å². The van der Waals surface area contributed by atoms with Gasteiger partial charge in [-0.1, -0.05) is 23.4 Å². The van der Waals surface area contributed by atoms with Gasteiger partial charge >= 0.3 is 12.2 Å². The van der Waals surface area contributed by atoms with Gasteiger partial charge in [0.15, 0.2) is 5.82 Å². The Morgan fingerprint density at radius 2 is 2.08 bits per heavy atom. The quantitative estimate of drug-likeness (QED) is 0.869. The summed E-state index contributed by atoms with van der Waals surface area (Å²) in [6.45, 7) is 0.0995. The van der Waals surface area contributed by atoms with Crippen molar-refractivity contribution in [3.05, 3.63) is 41.5 Å². The fourth-order valence-electron chi connectivity index (χ4n) is 1.98. The smallest absolute Gasteiger partial charge is 0.405 e. The highest BCUT2D eigenvalue weighted by molar-refractivity contribution is 5.75. The maximum atomic E-state index is 12.2. The molecule has 2 N–H and O–H groups in total. The number of ether oxygens (including phenoxy) is 1. The first kappa shape index (κ1) is 17.6. The molecule has 24 heavy (non-hydrogen) atoms. The van der Waals surface area contributed by atoms with E-state index >= 15 is 0 Å². The predicted molar refractivity (Wildman–Crippen MR) is 76.5 cm³/mol. The molecule has 0 fully saturated rings. The lowest BCUT2D eigenvalue weighted by Gasteiger charge is -2.19. The van der Waals surface area contributed by atoms with Crippen molar-refractivity contribution in [3.8, 4) is 5.75 Å². The molecule has 0 radical (unpaired) electrons. The normalized spacial score (nSPS) is 12.5. The van der Waals surface area contributed by atoms with Crippen LogP contribution >= 0.6 is 0 Å². The van der Waals surface area contributed by atoms with Gasteiger partial charge in [0, 0.05) is 12.5 Å². The van der Waals surface area contributed by atoms with Gasteiger partial charge in [-0.15, -0.1) is 0 Å². The van der Waals surface area contributed by atoms with Gasteiger partial charge in [0.2, 0.25) is 5.89 Å². The SMILES string of the molecule is COc1ccccc1[C@@H](NC(=O)NCC(F)(F)F)c1noc(C)n1. The molecular formula is C14H15F3N4O3. The number of aromatic nitrogens is 2. The number of amides is 2. The molecule has 1 aromatic heterocycles. The molecule has 0 unspecified atom stereocenters. The monoisotopic (exact) mass is 344 g/mol. The van der Waals surface area contributed by atoms with Crippen molar-refractivity contribution in [2.45, 2.75) is 19.1 Å². The van der Waals surface area contributed by atoms with Crippen LogP contribution in [-0.2, 0) is 0 Å². The summed E-state index contributed by atoms with van der Waals surface area (Å²) in [6.07, 6.45) is -4.51. The van der Waals surface area contributed by atoms with Crippen LogP contribution in [0.5, 0.6) is 5.75 Å². The molecule has 0 bridgehead atoms. The summed E-state index contributed by atoms with van der Waals surface area (Å²) in [7, 11) is 1.43. The molecule has 0 aliphatic heterocycles. The number of aryl methyl sites for hydroxylation is 1. The second-order valence-electron chi connectivity index (χ2n) is 4.79. The third kappa shape index (κ3) is 4.61. The van der Waals surface area contributed by atoms with E-state index in [4.69, 9.17) is 9.26 Å². The maximum absolute atomic E-state index is 12.2. The molecule has 1 heterocycles. The predicted octanol–water partition coefficient (Wildman–Crippen LogP) is 2.34. The van der Waals surface area contributed by atoms with Crippen molar-refractivity contribution in [1.29, 1.82) is 0 Å². The zero-order valence-corrected chi connectivity index (χ0v) is 12.8. The third-order valence-electron chi connectivity index (χ3n) is 2.98. The van der Waals surface area contributed by atoms with Gasteiger partial charge in [-0.05, 0) is 6.07 Å². The zero-order chi connectivity index (χ0) is 17.7. The Balaban J connectivity index is 2.26. The number of alkyl halides is 3. The van der Waals surface area contributed by atoms with E-state index in [0.717, 1.165) is 0 Å². The van der Waals surface area contributed by atoms with E-state index < -0.39 is 24.8 Å². The highest BCUT2D eigenvalue weighted by atomic mass is 19.4. The molecule has 1 atom stereocenters. The number of nitrogens with one attached hydrogen (secondary N) is 2. The summed E-state index contributed by atoms with van der Waals surface area (Å²) < 4.78 is 46.8. The Hall–Kier alpha value is -2.78. The summed E-state index contributed by atoms with van der Waals surface area (Å²) in [4.78, 5) is 15.8. The van der Waals surface area contributed by atoms with Gasteiger partial charge in [0.05, 0.1) is 7.11 Å². The summed E-state index contributed by atoms with van der Waals surface area (Å²) in [6, 6.07) is 4.72. The van der Waals surface area contributed by atoms with E-state index in [-0.39, 0.29) is 11.7 Å². The molecule has 10 heteroatoms. The van der Waals surface area contributed by atoms with Crippen LogP contribution in [0.15, 0.2) is 28.8 Å². The second kappa shape index (κ2) is 7.20. The molecule has 2 rings (SSSR count). The Morgan fingerprint density at radius 1 is 1.38 bits per heavy atom. The first-order valence-corrected chi connectivity index (χ1v) is 6.84. The van der Waals surface area contributed by atoms with Crippen LogP contribution in [0.4, 0.5) is 18.0 Å².